The molecule has 1 aliphatic carbocycles. The molecule has 0 radical (unpaired) electrons. The van der Waals surface area contributed by atoms with Gasteiger partial charge in [-0.1, -0.05) is 0 Å². The van der Waals surface area contributed by atoms with Crippen LogP contribution in [0.15, 0.2) is 0 Å². The van der Waals surface area contributed by atoms with E-state index in [2.05, 4.69) is 0 Å². The maximum Gasteiger partial charge on any atom is 0.223 e. The Morgan fingerprint density at radius 3 is 2.87 bits per heavy atom. The molecule has 0 aromatic heterocycles. The molecular weight excluding hydrogens is 214 g/mol. The summed E-state index contributed by atoms with van der Waals surface area (Å²) in [5.41, 5.74) is 0. The first-order valence-electron chi connectivity index (χ1n) is 5.67. The number of morpholine rings is 1. The highest BCUT2D eigenvalue weighted by Crippen LogP contribution is 2.33. The van der Waals surface area contributed by atoms with Crippen molar-refractivity contribution in [2.75, 3.05) is 19.0 Å². The molecule has 4 heteroatoms. The molecule has 1 amide bonds. The van der Waals surface area contributed by atoms with E-state index >= 15 is 0 Å². The number of hydrogen-bond acceptors (Lipinski definition) is 2. The third-order valence-corrected chi connectivity index (χ3v) is 3.50. The molecule has 1 aliphatic heterocycles. The Bertz CT molecular complexity index is 243. The molecule has 2 atom stereocenters. The molecule has 86 valence electrons. The minimum atomic E-state index is 0.0195. The van der Waals surface area contributed by atoms with Gasteiger partial charge in [-0.3, -0.25) is 4.79 Å². The van der Waals surface area contributed by atoms with Gasteiger partial charge in [-0.25, -0.2) is 0 Å². The number of carbonyl (C=O) groups excluding carboxylic acids is 1. The summed E-state index contributed by atoms with van der Waals surface area (Å²) >= 11 is 5.75. The van der Waals surface area contributed by atoms with Crippen molar-refractivity contribution in [1.29, 1.82) is 0 Å². The number of alkyl halides is 1. The van der Waals surface area contributed by atoms with Crippen molar-refractivity contribution in [3.8, 4) is 0 Å². The molecule has 1 saturated carbocycles. The predicted molar refractivity (Wildman–Crippen MR) is 59.0 cm³/mol. The lowest BCUT2D eigenvalue weighted by atomic mass is 10.1. The normalized spacial score (nSPS) is 31.7. The van der Waals surface area contributed by atoms with Crippen molar-refractivity contribution < 1.29 is 9.53 Å². The van der Waals surface area contributed by atoms with Crippen LogP contribution in [0.25, 0.3) is 0 Å². The highest BCUT2D eigenvalue weighted by atomic mass is 35.5. The lowest BCUT2D eigenvalue weighted by molar-refractivity contribution is -0.143. The summed E-state index contributed by atoms with van der Waals surface area (Å²) in [5.74, 6) is 1.41. The smallest absolute Gasteiger partial charge is 0.223 e. The van der Waals surface area contributed by atoms with E-state index < -0.39 is 0 Å². The average molecular weight is 232 g/mol. The summed E-state index contributed by atoms with van der Waals surface area (Å²) in [6.07, 6.45) is 3.19. The molecule has 2 aliphatic rings. The summed E-state index contributed by atoms with van der Waals surface area (Å²) in [7, 11) is 0. The Hall–Kier alpha value is -0.280. The second-order valence-corrected chi connectivity index (χ2v) is 4.96. The number of halogens is 1. The summed E-state index contributed by atoms with van der Waals surface area (Å²) in [4.78, 5) is 13.9. The van der Waals surface area contributed by atoms with E-state index in [1.165, 1.54) is 12.8 Å². The second kappa shape index (κ2) is 4.71. The lowest BCUT2D eigenvalue weighted by Crippen LogP contribution is -2.51. The van der Waals surface area contributed by atoms with Crippen LogP contribution < -0.4 is 0 Å². The molecule has 2 rings (SSSR count). The van der Waals surface area contributed by atoms with E-state index in [-0.39, 0.29) is 18.1 Å². The quantitative estimate of drug-likeness (QED) is 0.692. The van der Waals surface area contributed by atoms with Crippen molar-refractivity contribution in [1.82, 2.24) is 4.90 Å². The van der Waals surface area contributed by atoms with Crippen LogP contribution >= 0.6 is 11.6 Å². The van der Waals surface area contributed by atoms with Gasteiger partial charge in [0.15, 0.2) is 0 Å². The molecule has 3 nitrogen and oxygen atoms in total. The summed E-state index contributed by atoms with van der Waals surface area (Å²) in [6.45, 7) is 3.32. The zero-order chi connectivity index (χ0) is 10.8. The third-order valence-electron chi connectivity index (χ3n) is 3.16. The zero-order valence-electron chi connectivity index (χ0n) is 9.12. The Labute approximate surface area is 95.7 Å². The van der Waals surface area contributed by atoms with Crippen molar-refractivity contribution in [3.63, 3.8) is 0 Å². The van der Waals surface area contributed by atoms with Crippen molar-refractivity contribution in [2.24, 2.45) is 5.92 Å². The van der Waals surface area contributed by atoms with E-state index in [0.717, 1.165) is 6.42 Å². The fourth-order valence-electron chi connectivity index (χ4n) is 1.94. The maximum absolute atomic E-state index is 11.9. The van der Waals surface area contributed by atoms with Crippen LogP contribution in [0.3, 0.4) is 0 Å². The van der Waals surface area contributed by atoms with Gasteiger partial charge in [-0.05, 0) is 25.7 Å². The van der Waals surface area contributed by atoms with Gasteiger partial charge >= 0.3 is 0 Å². The topological polar surface area (TPSA) is 29.5 Å². The molecule has 1 heterocycles. The van der Waals surface area contributed by atoms with Crippen LogP contribution in [0.4, 0.5) is 0 Å². The van der Waals surface area contributed by atoms with Gasteiger partial charge in [-0.15, -0.1) is 11.6 Å². The Kier molecular flexibility index (Phi) is 3.52. The first kappa shape index (κ1) is 11.2. The molecule has 2 fully saturated rings. The fourth-order valence-corrected chi connectivity index (χ4v) is 2.13. The summed E-state index contributed by atoms with van der Waals surface area (Å²) in [6, 6.07) is 0.204. The van der Waals surface area contributed by atoms with Crippen molar-refractivity contribution >= 4 is 17.5 Å². The lowest BCUT2D eigenvalue weighted by Gasteiger charge is -2.37. The Balaban J connectivity index is 1.88. The molecule has 15 heavy (non-hydrogen) atoms. The molecule has 0 bridgehead atoms. The number of rotatable bonds is 3. The predicted octanol–water partition coefficient (Wildman–Crippen LogP) is 1.64. The minimum absolute atomic E-state index is 0.0195. The third kappa shape index (κ3) is 2.85. The minimum Gasteiger partial charge on any atom is -0.373 e. The van der Waals surface area contributed by atoms with E-state index in [1.54, 1.807) is 0 Å². The molecule has 0 aromatic rings. The van der Waals surface area contributed by atoms with Crippen LogP contribution in [0.2, 0.25) is 0 Å². The van der Waals surface area contributed by atoms with E-state index in [9.17, 15) is 4.79 Å². The van der Waals surface area contributed by atoms with Gasteiger partial charge in [0.05, 0.1) is 24.6 Å². The van der Waals surface area contributed by atoms with E-state index in [0.29, 0.717) is 24.9 Å². The van der Waals surface area contributed by atoms with Gasteiger partial charge < -0.3 is 9.64 Å². The number of nitrogens with zero attached hydrogens (tertiary/aromatic N) is 1. The Morgan fingerprint density at radius 1 is 1.53 bits per heavy atom. The Morgan fingerprint density at radius 2 is 2.27 bits per heavy atom. The van der Waals surface area contributed by atoms with Crippen LogP contribution in [0.5, 0.6) is 0 Å². The molecule has 0 N–H and O–H groups in total. The highest BCUT2D eigenvalue weighted by Gasteiger charge is 2.32. The molecule has 0 spiro atoms. The van der Waals surface area contributed by atoms with Gasteiger partial charge in [0.1, 0.15) is 0 Å². The van der Waals surface area contributed by atoms with Crippen molar-refractivity contribution in [3.05, 3.63) is 0 Å². The first-order chi connectivity index (χ1) is 7.20. The number of ether oxygens (including phenoxy) is 1. The average Bonchev–Trinajstić information content (AvgIpc) is 3.02. The van der Waals surface area contributed by atoms with Gasteiger partial charge in [0, 0.05) is 13.0 Å². The zero-order valence-corrected chi connectivity index (χ0v) is 9.87. The SMILES string of the molecule is CC1COC(CCl)CN1C(=O)CC1CC1. The van der Waals surface area contributed by atoms with Crippen LogP contribution in [0.1, 0.15) is 26.2 Å². The first-order valence-corrected chi connectivity index (χ1v) is 6.21. The monoisotopic (exact) mass is 231 g/mol. The molecule has 0 aromatic carbocycles. The van der Waals surface area contributed by atoms with Gasteiger partial charge in [0.25, 0.3) is 0 Å². The summed E-state index contributed by atoms with van der Waals surface area (Å²) in [5, 5.41) is 0. The largest absolute Gasteiger partial charge is 0.373 e. The maximum atomic E-state index is 11.9. The fraction of sp³-hybridized carbons (Fsp3) is 0.909. The van der Waals surface area contributed by atoms with Crippen LogP contribution in [-0.4, -0.2) is 42.0 Å². The molecule has 1 saturated heterocycles. The van der Waals surface area contributed by atoms with Crippen LogP contribution in [-0.2, 0) is 9.53 Å². The highest BCUT2D eigenvalue weighted by molar-refractivity contribution is 6.18. The molecular formula is C11H18ClNO2. The van der Waals surface area contributed by atoms with Crippen LogP contribution in [0, 0.1) is 5.92 Å². The van der Waals surface area contributed by atoms with E-state index in [4.69, 9.17) is 16.3 Å². The summed E-state index contributed by atoms with van der Waals surface area (Å²) < 4.78 is 5.51. The number of carbonyl (C=O) groups is 1. The molecule has 2 unspecified atom stereocenters. The van der Waals surface area contributed by atoms with Gasteiger partial charge in [0.2, 0.25) is 5.91 Å². The van der Waals surface area contributed by atoms with Crippen molar-refractivity contribution in [2.45, 2.75) is 38.3 Å². The number of amides is 1. The van der Waals surface area contributed by atoms with E-state index in [1.807, 2.05) is 11.8 Å². The van der Waals surface area contributed by atoms with Gasteiger partial charge in [-0.2, -0.15) is 0 Å². The number of hydrogen-bond donors (Lipinski definition) is 0. The standard InChI is InChI=1S/C11H18ClNO2/c1-8-7-15-10(5-12)6-13(8)11(14)4-9-2-3-9/h8-10H,2-7H2,1H3. The second-order valence-electron chi connectivity index (χ2n) is 4.65.